The number of aryl methyl sites for hydroxylation is 1. The number of thiazole rings is 1. The lowest BCUT2D eigenvalue weighted by Crippen LogP contribution is -2.15. The Balaban J connectivity index is 2.29. The number of nitrogens with zero attached hydrogens (tertiary/aromatic N) is 2. The van der Waals surface area contributed by atoms with Gasteiger partial charge in [-0.2, -0.15) is 13.2 Å². The SMILES string of the molecule is Cc1cccc(C(=O)Nc2nc(C(F)(F)F)cs2)c1[N+](=O)[O-]. The number of benzene rings is 1. The highest BCUT2D eigenvalue weighted by Gasteiger charge is 2.34. The average Bonchev–Trinajstić information content (AvgIpc) is 2.86. The molecular formula is C12H8F3N3O3S. The molecule has 0 saturated carbocycles. The van der Waals surface area contributed by atoms with Crippen LogP contribution in [0.2, 0.25) is 0 Å². The van der Waals surface area contributed by atoms with E-state index in [1.54, 1.807) is 0 Å². The van der Waals surface area contributed by atoms with Crippen molar-refractivity contribution < 1.29 is 22.9 Å². The zero-order chi connectivity index (χ0) is 16.5. The summed E-state index contributed by atoms with van der Waals surface area (Å²) >= 11 is 0.585. The normalized spacial score (nSPS) is 11.3. The van der Waals surface area contributed by atoms with E-state index in [4.69, 9.17) is 0 Å². The van der Waals surface area contributed by atoms with Crippen LogP contribution in [0.4, 0.5) is 24.0 Å². The molecule has 2 aromatic rings. The Kier molecular flexibility index (Phi) is 4.13. The van der Waals surface area contributed by atoms with Crippen LogP contribution in [0, 0.1) is 17.0 Å². The van der Waals surface area contributed by atoms with E-state index in [9.17, 15) is 28.1 Å². The third-order valence-electron chi connectivity index (χ3n) is 2.68. The number of nitro benzene ring substituents is 1. The molecule has 0 aliphatic heterocycles. The Morgan fingerprint density at radius 2 is 2.09 bits per heavy atom. The molecular weight excluding hydrogens is 323 g/mol. The molecule has 1 aromatic carbocycles. The average molecular weight is 331 g/mol. The van der Waals surface area contributed by atoms with Gasteiger partial charge in [-0.15, -0.1) is 11.3 Å². The number of hydrogen-bond donors (Lipinski definition) is 1. The third kappa shape index (κ3) is 3.22. The largest absolute Gasteiger partial charge is 0.434 e. The van der Waals surface area contributed by atoms with Gasteiger partial charge < -0.3 is 0 Å². The Labute approximate surface area is 125 Å². The van der Waals surface area contributed by atoms with Crippen molar-refractivity contribution in [1.29, 1.82) is 0 Å². The van der Waals surface area contributed by atoms with Crippen LogP contribution in [0.25, 0.3) is 0 Å². The number of anilines is 1. The van der Waals surface area contributed by atoms with E-state index in [1.807, 2.05) is 0 Å². The van der Waals surface area contributed by atoms with Gasteiger partial charge in [-0.3, -0.25) is 20.2 Å². The van der Waals surface area contributed by atoms with E-state index in [1.165, 1.54) is 25.1 Å². The molecule has 2 rings (SSSR count). The number of rotatable bonds is 3. The van der Waals surface area contributed by atoms with E-state index < -0.39 is 28.4 Å². The summed E-state index contributed by atoms with van der Waals surface area (Å²) in [4.78, 5) is 25.5. The van der Waals surface area contributed by atoms with Crippen LogP contribution in [-0.2, 0) is 6.18 Å². The molecule has 0 aliphatic rings. The minimum absolute atomic E-state index is 0.242. The molecule has 1 aromatic heterocycles. The van der Waals surface area contributed by atoms with Gasteiger partial charge in [0.1, 0.15) is 5.56 Å². The number of carbonyl (C=O) groups excluding carboxylic acids is 1. The molecule has 0 aliphatic carbocycles. The summed E-state index contributed by atoms with van der Waals surface area (Å²) in [6, 6.07) is 4.12. The van der Waals surface area contributed by atoms with Gasteiger partial charge in [0.25, 0.3) is 11.6 Å². The van der Waals surface area contributed by atoms with Crippen molar-refractivity contribution in [2.75, 3.05) is 5.32 Å². The molecule has 0 spiro atoms. The van der Waals surface area contributed by atoms with Gasteiger partial charge in [0, 0.05) is 10.9 Å². The highest BCUT2D eigenvalue weighted by molar-refractivity contribution is 7.14. The molecule has 1 heterocycles. The molecule has 0 fully saturated rings. The Morgan fingerprint density at radius 1 is 1.41 bits per heavy atom. The topological polar surface area (TPSA) is 85.1 Å². The first-order chi connectivity index (χ1) is 10.2. The Bertz CT molecular complexity index is 743. The van der Waals surface area contributed by atoms with E-state index in [0.29, 0.717) is 11.3 Å². The van der Waals surface area contributed by atoms with E-state index >= 15 is 0 Å². The Morgan fingerprint density at radius 3 is 2.64 bits per heavy atom. The van der Waals surface area contributed by atoms with Gasteiger partial charge in [0.15, 0.2) is 10.8 Å². The van der Waals surface area contributed by atoms with Crippen molar-refractivity contribution in [1.82, 2.24) is 4.98 Å². The maximum absolute atomic E-state index is 12.4. The molecule has 6 nitrogen and oxygen atoms in total. The van der Waals surface area contributed by atoms with Crippen LogP contribution < -0.4 is 5.32 Å². The van der Waals surface area contributed by atoms with Crippen molar-refractivity contribution in [2.24, 2.45) is 0 Å². The van der Waals surface area contributed by atoms with Crippen LogP contribution in [0.15, 0.2) is 23.6 Å². The number of aromatic nitrogens is 1. The number of halogens is 3. The number of para-hydroxylation sites is 1. The van der Waals surface area contributed by atoms with E-state index in [0.717, 1.165) is 5.38 Å². The van der Waals surface area contributed by atoms with E-state index in [2.05, 4.69) is 10.3 Å². The molecule has 0 radical (unpaired) electrons. The van der Waals surface area contributed by atoms with Gasteiger partial charge in [-0.25, -0.2) is 4.98 Å². The summed E-state index contributed by atoms with van der Waals surface area (Å²) in [7, 11) is 0. The van der Waals surface area contributed by atoms with Gasteiger partial charge >= 0.3 is 6.18 Å². The number of amides is 1. The lowest BCUT2D eigenvalue weighted by molar-refractivity contribution is -0.385. The first-order valence-corrected chi connectivity index (χ1v) is 6.66. The van der Waals surface area contributed by atoms with Crippen LogP contribution in [0.5, 0.6) is 0 Å². The highest BCUT2D eigenvalue weighted by atomic mass is 32.1. The summed E-state index contributed by atoms with van der Waals surface area (Å²) in [6.07, 6.45) is -4.62. The van der Waals surface area contributed by atoms with Crippen molar-refractivity contribution in [3.63, 3.8) is 0 Å². The molecule has 116 valence electrons. The summed E-state index contributed by atoms with van der Waals surface area (Å²) in [5, 5.41) is 13.6. The molecule has 1 amide bonds. The molecule has 10 heteroatoms. The predicted octanol–water partition coefficient (Wildman–Crippen LogP) is 3.63. The highest BCUT2D eigenvalue weighted by Crippen LogP contribution is 2.32. The van der Waals surface area contributed by atoms with Gasteiger partial charge in [-0.1, -0.05) is 12.1 Å². The number of nitro groups is 1. The van der Waals surface area contributed by atoms with Crippen molar-refractivity contribution in [2.45, 2.75) is 13.1 Å². The van der Waals surface area contributed by atoms with E-state index in [-0.39, 0.29) is 16.3 Å². The fourth-order valence-corrected chi connectivity index (χ4v) is 2.42. The fraction of sp³-hybridized carbons (Fsp3) is 0.167. The number of hydrogen-bond acceptors (Lipinski definition) is 5. The second-order valence-corrected chi connectivity index (χ2v) is 5.08. The molecule has 22 heavy (non-hydrogen) atoms. The third-order valence-corrected chi connectivity index (χ3v) is 3.44. The minimum atomic E-state index is -4.62. The smallest absolute Gasteiger partial charge is 0.298 e. The maximum atomic E-state index is 12.4. The maximum Gasteiger partial charge on any atom is 0.434 e. The van der Waals surface area contributed by atoms with Gasteiger partial charge in [0.2, 0.25) is 0 Å². The van der Waals surface area contributed by atoms with Crippen molar-refractivity contribution in [3.05, 3.63) is 50.5 Å². The van der Waals surface area contributed by atoms with Crippen LogP contribution in [0.3, 0.4) is 0 Å². The van der Waals surface area contributed by atoms with Crippen molar-refractivity contribution >= 4 is 28.1 Å². The quantitative estimate of drug-likeness (QED) is 0.687. The standard InChI is InChI=1S/C12H8F3N3O3S/c1-6-3-2-4-7(9(6)18(20)21)10(19)17-11-16-8(5-22-11)12(13,14)15/h2-5H,1H3,(H,16,17,19). The summed E-state index contributed by atoms with van der Waals surface area (Å²) in [5.41, 5.74) is -1.50. The molecule has 0 saturated heterocycles. The Hall–Kier alpha value is -2.49. The zero-order valence-corrected chi connectivity index (χ0v) is 11.8. The van der Waals surface area contributed by atoms with Crippen molar-refractivity contribution in [3.8, 4) is 0 Å². The number of alkyl halides is 3. The summed E-state index contributed by atoms with van der Waals surface area (Å²) < 4.78 is 37.3. The van der Waals surface area contributed by atoms with Crippen LogP contribution >= 0.6 is 11.3 Å². The number of nitrogens with one attached hydrogen (secondary N) is 1. The monoisotopic (exact) mass is 331 g/mol. The van der Waals surface area contributed by atoms with Crippen LogP contribution in [0.1, 0.15) is 21.6 Å². The second-order valence-electron chi connectivity index (χ2n) is 4.22. The first-order valence-electron chi connectivity index (χ1n) is 5.78. The van der Waals surface area contributed by atoms with Gasteiger partial charge in [-0.05, 0) is 13.0 Å². The second kappa shape index (κ2) is 5.72. The molecule has 0 bridgehead atoms. The summed E-state index contributed by atoms with van der Waals surface area (Å²) in [5.74, 6) is -0.890. The molecule has 0 unspecified atom stereocenters. The predicted molar refractivity (Wildman–Crippen MR) is 72.9 cm³/mol. The van der Waals surface area contributed by atoms with Crippen LogP contribution in [-0.4, -0.2) is 15.8 Å². The fourth-order valence-electron chi connectivity index (χ4n) is 1.71. The zero-order valence-electron chi connectivity index (χ0n) is 11.0. The number of carbonyl (C=O) groups is 1. The molecule has 1 N–H and O–H groups in total. The summed E-state index contributed by atoms with van der Waals surface area (Å²) in [6.45, 7) is 1.46. The molecule has 0 atom stereocenters. The first kappa shape index (κ1) is 15.9. The lowest BCUT2D eigenvalue weighted by atomic mass is 10.1. The minimum Gasteiger partial charge on any atom is -0.298 e. The van der Waals surface area contributed by atoms with Gasteiger partial charge in [0.05, 0.1) is 4.92 Å². The lowest BCUT2D eigenvalue weighted by Gasteiger charge is -2.05.